The number of anilines is 1. The Labute approximate surface area is 241 Å². The predicted octanol–water partition coefficient (Wildman–Crippen LogP) is 4.80. The Morgan fingerprint density at radius 2 is 1.61 bits per heavy atom. The van der Waals surface area contributed by atoms with Crippen molar-refractivity contribution in [3.05, 3.63) is 111 Å². The normalized spacial score (nSPS) is 14.9. The average Bonchev–Trinajstić information content (AvgIpc) is 3.14. The van der Waals surface area contributed by atoms with Crippen molar-refractivity contribution in [2.45, 2.75) is 57.9 Å². The summed E-state index contributed by atoms with van der Waals surface area (Å²) in [5.41, 5.74) is 4.75. The molecule has 0 fully saturated rings. The Balaban J connectivity index is 1.62. The summed E-state index contributed by atoms with van der Waals surface area (Å²) in [7, 11) is -2.61. The molecule has 0 aliphatic heterocycles. The number of amides is 1. The van der Waals surface area contributed by atoms with Gasteiger partial charge in [-0.05, 0) is 81.3 Å². The first-order chi connectivity index (χ1) is 19.5. The van der Waals surface area contributed by atoms with Gasteiger partial charge in [0, 0.05) is 7.05 Å². The molecule has 1 heterocycles. The number of aryl methyl sites for hydroxylation is 4. The van der Waals surface area contributed by atoms with Gasteiger partial charge in [0.2, 0.25) is 5.91 Å². The number of nitrogens with zero attached hydrogens (tertiary/aromatic N) is 3. The first-order valence-corrected chi connectivity index (χ1v) is 15.3. The van der Waals surface area contributed by atoms with E-state index in [9.17, 15) is 18.0 Å². The van der Waals surface area contributed by atoms with Crippen LogP contribution in [-0.2, 0) is 28.3 Å². The van der Waals surface area contributed by atoms with Crippen LogP contribution in [0.15, 0.2) is 76.4 Å². The highest BCUT2D eigenvalue weighted by Crippen LogP contribution is 2.32. The number of carbonyl (C=O) groups excluding carboxylic acids is 1. The number of rotatable bonds is 7. The van der Waals surface area contributed by atoms with Crippen LogP contribution in [0.3, 0.4) is 0 Å². The third kappa shape index (κ3) is 5.22. The standard InChI is InChI=1S/C32H36N4O4S/c1-21-18-22(2)31(23(3)19-21)41(39,40)35(20-29(37)33-28-17-11-13-25-12-9-10-16-27(25)28)30-24(4)34(5)36(32(30)38)26-14-7-6-8-15-26/h6-10,12,14-16,18-19,28H,11,13,17,20H2,1-5H3,(H,33,37). The van der Waals surface area contributed by atoms with E-state index in [4.69, 9.17) is 0 Å². The van der Waals surface area contributed by atoms with Gasteiger partial charge < -0.3 is 5.32 Å². The number of hydrogen-bond acceptors (Lipinski definition) is 4. The van der Waals surface area contributed by atoms with Crippen molar-refractivity contribution in [3.63, 3.8) is 0 Å². The predicted molar refractivity (Wildman–Crippen MR) is 161 cm³/mol. The Morgan fingerprint density at radius 1 is 0.976 bits per heavy atom. The van der Waals surface area contributed by atoms with Crippen LogP contribution in [0.1, 0.15) is 52.4 Å². The van der Waals surface area contributed by atoms with Gasteiger partial charge in [-0.1, -0.05) is 60.2 Å². The highest BCUT2D eigenvalue weighted by Gasteiger charge is 2.36. The number of aromatic nitrogens is 2. The molecule has 8 nitrogen and oxygen atoms in total. The van der Waals surface area contributed by atoms with Gasteiger partial charge in [0.15, 0.2) is 0 Å². The number of sulfonamides is 1. The molecule has 1 aliphatic rings. The summed E-state index contributed by atoms with van der Waals surface area (Å²) >= 11 is 0. The molecule has 3 aromatic carbocycles. The summed E-state index contributed by atoms with van der Waals surface area (Å²) in [6.45, 7) is 6.56. The van der Waals surface area contributed by atoms with E-state index in [0.717, 1.165) is 34.7 Å². The van der Waals surface area contributed by atoms with Crippen molar-refractivity contribution in [3.8, 4) is 5.69 Å². The molecule has 0 bridgehead atoms. The molecule has 0 saturated heterocycles. The molecule has 1 atom stereocenters. The summed E-state index contributed by atoms with van der Waals surface area (Å²) in [5.74, 6) is -0.466. The van der Waals surface area contributed by atoms with Crippen LogP contribution in [0.25, 0.3) is 5.69 Å². The fourth-order valence-corrected chi connectivity index (χ4v) is 7.97. The summed E-state index contributed by atoms with van der Waals surface area (Å²) < 4.78 is 33.0. The van der Waals surface area contributed by atoms with Crippen molar-refractivity contribution in [1.82, 2.24) is 14.7 Å². The maximum Gasteiger partial charge on any atom is 0.296 e. The van der Waals surface area contributed by atoms with Crippen molar-refractivity contribution in [1.29, 1.82) is 0 Å². The van der Waals surface area contributed by atoms with Crippen molar-refractivity contribution in [2.75, 3.05) is 10.8 Å². The summed E-state index contributed by atoms with van der Waals surface area (Å²) in [5, 5.41) is 3.07. The minimum absolute atomic E-state index is 0.0464. The highest BCUT2D eigenvalue weighted by molar-refractivity contribution is 7.93. The first-order valence-electron chi connectivity index (χ1n) is 13.8. The number of benzene rings is 3. The van der Waals surface area contributed by atoms with E-state index in [1.807, 2.05) is 43.3 Å². The fraction of sp³-hybridized carbons (Fsp3) is 0.312. The molecule has 0 saturated carbocycles. The minimum Gasteiger partial charge on any atom is -0.348 e. The van der Waals surface area contributed by atoms with E-state index < -0.39 is 28.0 Å². The molecular weight excluding hydrogens is 536 g/mol. The molecule has 1 amide bonds. The SMILES string of the molecule is Cc1cc(C)c(S(=O)(=O)N(CC(=O)NC2CCCc3ccccc32)c2c(C)n(C)n(-c3ccccc3)c2=O)c(C)c1. The number of hydrogen-bond donors (Lipinski definition) is 1. The van der Waals surface area contributed by atoms with E-state index in [0.29, 0.717) is 22.5 Å². The van der Waals surface area contributed by atoms with Gasteiger partial charge in [-0.2, -0.15) is 0 Å². The van der Waals surface area contributed by atoms with Gasteiger partial charge in [0.05, 0.1) is 22.3 Å². The average molecular weight is 573 g/mol. The molecule has 0 radical (unpaired) electrons. The van der Waals surface area contributed by atoms with Crippen LogP contribution in [0.2, 0.25) is 0 Å². The lowest BCUT2D eigenvalue weighted by Gasteiger charge is -2.29. The molecule has 214 valence electrons. The largest absolute Gasteiger partial charge is 0.348 e. The topological polar surface area (TPSA) is 93.4 Å². The van der Waals surface area contributed by atoms with Gasteiger partial charge in [-0.25, -0.2) is 17.4 Å². The zero-order valence-corrected chi connectivity index (χ0v) is 25.0. The minimum atomic E-state index is -4.31. The van der Waals surface area contributed by atoms with Crippen molar-refractivity contribution in [2.24, 2.45) is 7.05 Å². The van der Waals surface area contributed by atoms with E-state index in [2.05, 4.69) is 11.4 Å². The van der Waals surface area contributed by atoms with Gasteiger partial charge >= 0.3 is 0 Å². The third-order valence-corrected chi connectivity index (χ3v) is 9.97. The first kappa shape index (κ1) is 28.4. The van der Waals surface area contributed by atoms with Crippen molar-refractivity contribution < 1.29 is 13.2 Å². The van der Waals surface area contributed by atoms with Gasteiger partial charge in [-0.15, -0.1) is 0 Å². The lowest BCUT2D eigenvalue weighted by Crippen LogP contribution is -2.44. The quantitative estimate of drug-likeness (QED) is 0.344. The van der Waals surface area contributed by atoms with Crippen LogP contribution in [0.4, 0.5) is 5.69 Å². The summed E-state index contributed by atoms with van der Waals surface area (Å²) in [6.07, 6.45) is 2.62. The van der Waals surface area contributed by atoms with E-state index in [1.165, 1.54) is 10.2 Å². The number of nitrogens with one attached hydrogen (secondary N) is 1. The second kappa shape index (κ2) is 11.0. The summed E-state index contributed by atoms with van der Waals surface area (Å²) in [6, 6.07) is 20.4. The number of para-hydroxylation sites is 1. The molecule has 1 N–H and O–H groups in total. The van der Waals surface area contributed by atoms with Crippen LogP contribution < -0.4 is 15.2 Å². The van der Waals surface area contributed by atoms with E-state index in [1.54, 1.807) is 56.8 Å². The van der Waals surface area contributed by atoms with Crippen LogP contribution in [0, 0.1) is 27.7 Å². The third-order valence-electron chi connectivity index (χ3n) is 7.92. The zero-order valence-electron chi connectivity index (χ0n) is 24.1. The number of carbonyl (C=O) groups is 1. The Hall–Kier alpha value is -4.11. The molecule has 4 aromatic rings. The fourth-order valence-electron chi connectivity index (χ4n) is 6.08. The highest BCUT2D eigenvalue weighted by atomic mass is 32.2. The lowest BCUT2D eigenvalue weighted by atomic mass is 9.88. The van der Waals surface area contributed by atoms with Crippen LogP contribution in [0.5, 0.6) is 0 Å². The molecule has 9 heteroatoms. The molecule has 5 rings (SSSR count). The zero-order chi connectivity index (χ0) is 29.5. The monoisotopic (exact) mass is 572 g/mol. The Morgan fingerprint density at radius 3 is 2.29 bits per heavy atom. The molecule has 1 aliphatic carbocycles. The molecule has 41 heavy (non-hydrogen) atoms. The van der Waals surface area contributed by atoms with Gasteiger partial charge in [0.25, 0.3) is 15.6 Å². The lowest BCUT2D eigenvalue weighted by molar-refractivity contribution is -0.120. The molecule has 1 aromatic heterocycles. The smallest absolute Gasteiger partial charge is 0.296 e. The Kier molecular flexibility index (Phi) is 7.66. The maximum atomic E-state index is 14.5. The maximum absolute atomic E-state index is 14.5. The number of fused-ring (bicyclic) bond motifs is 1. The van der Waals surface area contributed by atoms with E-state index >= 15 is 0 Å². The van der Waals surface area contributed by atoms with E-state index in [-0.39, 0.29) is 16.6 Å². The van der Waals surface area contributed by atoms with Crippen LogP contribution >= 0.6 is 0 Å². The second-order valence-electron chi connectivity index (χ2n) is 10.9. The molecular formula is C32H36N4O4S. The summed E-state index contributed by atoms with van der Waals surface area (Å²) in [4.78, 5) is 27.8. The Bertz CT molecular complexity index is 1770. The van der Waals surface area contributed by atoms with Gasteiger partial charge in [-0.3, -0.25) is 14.3 Å². The molecule has 0 spiro atoms. The molecule has 1 unspecified atom stereocenters. The van der Waals surface area contributed by atoms with Crippen molar-refractivity contribution >= 4 is 21.6 Å². The van der Waals surface area contributed by atoms with Gasteiger partial charge in [0.1, 0.15) is 12.2 Å². The van der Waals surface area contributed by atoms with Crippen LogP contribution in [-0.4, -0.2) is 30.2 Å². The second-order valence-corrected chi connectivity index (χ2v) is 12.7.